The minimum atomic E-state index is -3.95. The third-order valence-corrected chi connectivity index (χ3v) is 10.1. The zero-order valence-electron chi connectivity index (χ0n) is 23.4. The van der Waals surface area contributed by atoms with Gasteiger partial charge in [0, 0.05) is 22.5 Å². The van der Waals surface area contributed by atoms with Crippen LogP contribution in [0.25, 0.3) is 0 Å². The maximum atomic E-state index is 13.7. The molecule has 0 radical (unpaired) electrons. The van der Waals surface area contributed by atoms with E-state index in [4.69, 9.17) is 11.6 Å². The Kier molecular flexibility index (Phi) is 9.00. The minimum Gasteiger partial charge on any atom is -0.322 e. The van der Waals surface area contributed by atoms with E-state index in [1.54, 1.807) is 72.8 Å². The molecule has 9 nitrogen and oxygen atoms in total. The summed E-state index contributed by atoms with van der Waals surface area (Å²) >= 11 is 6.24. The first-order valence-corrected chi connectivity index (χ1v) is 16.6. The van der Waals surface area contributed by atoms with Gasteiger partial charge in [-0.15, -0.1) is 0 Å². The van der Waals surface area contributed by atoms with Crippen molar-refractivity contribution in [3.05, 3.63) is 143 Å². The fourth-order valence-corrected chi connectivity index (χ4v) is 7.10. The van der Waals surface area contributed by atoms with Crippen LogP contribution in [0, 0.1) is 6.92 Å². The first kappa shape index (κ1) is 30.7. The van der Waals surface area contributed by atoms with Crippen molar-refractivity contribution in [2.24, 2.45) is 0 Å². The third-order valence-electron chi connectivity index (χ3n) is 6.65. The molecule has 5 rings (SSSR count). The van der Waals surface area contributed by atoms with Crippen LogP contribution < -0.4 is 14.3 Å². The number of carbonyl (C=O) groups is 1. The molecule has 0 atom stereocenters. The first-order valence-electron chi connectivity index (χ1n) is 13.3. The maximum absolute atomic E-state index is 13.7. The van der Waals surface area contributed by atoms with Gasteiger partial charge >= 0.3 is 0 Å². The predicted molar refractivity (Wildman–Crippen MR) is 172 cm³/mol. The Morgan fingerprint density at radius 3 is 2.16 bits per heavy atom. The van der Waals surface area contributed by atoms with Gasteiger partial charge in [-0.3, -0.25) is 18.8 Å². The zero-order valence-corrected chi connectivity index (χ0v) is 25.8. The molecule has 0 aliphatic heterocycles. The standard InChI is InChI=1S/C32H27ClN4O5S2/c1-23-9-14-26(33)20-31(23)37(44(41,42)30-7-3-2-4-8-30)22-24-10-12-25(13-11-24)32(38)35-27-15-17-29(18-16-27)43(39,40)36-28-6-5-19-34-21-28/h2-21,36H,22H2,1H3,(H,35,38). The number of amides is 1. The monoisotopic (exact) mass is 646 g/mol. The number of hydrogen-bond acceptors (Lipinski definition) is 6. The lowest BCUT2D eigenvalue weighted by Crippen LogP contribution is -2.31. The summed E-state index contributed by atoms with van der Waals surface area (Å²) in [5, 5.41) is 3.15. The molecule has 0 saturated carbocycles. The van der Waals surface area contributed by atoms with Crippen molar-refractivity contribution in [2.75, 3.05) is 14.3 Å². The summed E-state index contributed by atoms with van der Waals surface area (Å²) in [5.41, 5.74) is 2.89. The number of nitrogens with zero attached hydrogens (tertiary/aromatic N) is 2. The summed E-state index contributed by atoms with van der Waals surface area (Å²) in [5.74, 6) is -0.417. The third kappa shape index (κ3) is 7.08. The van der Waals surface area contributed by atoms with E-state index in [1.165, 1.54) is 53.1 Å². The van der Waals surface area contributed by atoms with Crippen molar-refractivity contribution in [1.82, 2.24) is 4.98 Å². The number of carbonyl (C=O) groups excluding carboxylic acids is 1. The van der Waals surface area contributed by atoms with Crippen molar-refractivity contribution in [1.29, 1.82) is 0 Å². The molecule has 0 fully saturated rings. The summed E-state index contributed by atoms with van der Waals surface area (Å²) < 4.78 is 56.5. The Morgan fingerprint density at radius 1 is 0.795 bits per heavy atom. The molecule has 0 saturated heterocycles. The second kappa shape index (κ2) is 12.9. The number of rotatable bonds is 10. The minimum absolute atomic E-state index is 0.00330. The van der Waals surface area contributed by atoms with Crippen molar-refractivity contribution in [3.8, 4) is 0 Å². The summed E-state index contributed by atoms with van der Waals surface area (Å²) in [4.78, 5) is 17.0. The van der Waals surface area contributed by atoms with Gasteiger partial charge in [-0.1, -0.05) is 48.0 Å². The molecule has 4 aromatic carbocycles. The number of halogens is 1. The molecule has 5 aromatic rings. The quantitative estimate of drug-likeness (QED) is 0.179. The highest BCUT2D eigenvalue weighted by Gasteiger charge is 2.26. The van der Waals surface area contributed by atoms with E-state index in [0.717, 1.165) is 5.56 Å². The van der Waals surface area contributed by atoms with Crippen LogP contribution in [0.1, 0.15) is 21.5 Å². The molecule has 1 heterocycles. The molecule has 1 amide bonds. The van der Waals surface area contributed by atoms with E-state index < -0.39 is 26.0 Å². The smallest absolute Gasteiger partial charge is 0.264 e. The number of aryl methyl sites for hydroxylation is 1. The summed E-state index contributed by atoms with van der Waals surface area (Å²) in [6, 6.07) is 28.7. The van der Waals surface area contributed by atoms with Crippen molar-refractivity contribution in [3.63, 3.8) is 0 Å². The molecule has 0 aliphatic carbocycles. The van der Waals surface area contributed by atoms with Crippen LogP contribution in [0.15, 0.2) is 131 Å². The van der Waals surface area contributed by atoms with Crippen LogP contribution in [-0.4, -0.2) is 27.7 Å². The molecule has 0 aliphatic rings. The second-order valence-electron chi connectivity index (χ2n) is 9.78. The fourth-order valence-electron chi connectivity index (χ4n) is 4.36. The SMILES string of the molecule is Cc1ccc(Cl)cc1N(Cc1ccc(C(=O)Nc2ccc(S(=O)(=O)Nc3cccnc3)cc2)cc1)S(=O)(=O)c1ccccc1. The van der Waals surface area contributed by atoms with Crippen LogP contribution >= 0.6 is 11.6 Å². The van der Waals surface area contributed by atoms with Crippen LogP contribution in [0.5, 0.6) is 0 Å². The Balaban J connectivity index is 1.32. The summed E-state index contributed by atoms with van der Waals surface area (Å²) in [7, 11) is -7.78. The van der Waals surface area contributed by atoms with E-state index in [9.17, 15) is 21.6 Å². The molecule has 0 unspecified atom stereocenters. The number of hydrogen-bond donors (Lipinski definition) is 2. The lowest BCUT2D eigenvalue weighted by molar-refractivity contribution is 0.102. The number of sulfonamides is 2. The van der Waals surface area contributed by atoms with Gasteiger partial charge in [-0.25, -0.2) is 16.8 Å². The lowest BCUT2D eigenvalue weighted by atomic mass is 10.1. The number of aromatic nitrogens is 1. The highest BCUT2D eigenvalue weighted by molar-refractivity contribution is 7.93. The number of nitrogens with one attached hydrogen (secondary N) is 2. The predicted octanol–water partition coefficient (Wildman–Crippen LogP) is 6.49. The van der Waals surface area contributed by atoms with Crippen LogP contribution in [-0.2, 0) is 26.6 Å². The molecule has 0 spiro atoms. The van der Waals surface area contributed by atoms with Crippen LogP contribution in [0.4, 0.5) is 17.1 Å². The highest BCUT2D eigenvalue weighted by Crippen LogP contribution is 2.31. The number of pyridine rings is 1. The van der Waals surface area contributed by atoms with Crippen molar-refractivity contribution in [2.45, 2.75) is 23.3 Å². The maximum Gasteiger partial charge on any atom is 0.264 e. The molecule has 0 bridgehead atoms. The number of anilines is 3. The Labute approximate surface area is 261 Å². The van der Waals surface area contributed by atoms with Gasteiger partial charge < -0.3 is 5.32 Å². The van der Waals surface area contributed by atoms with Crippen LogP contribution in [0.2, 0.25) is 5.02 Å². The second-order valence-corrected chi connectivity index (χ2v) is 13.8. The zero-order chi connectivity index (χ0) is 31.3. The number of benzene rings is 4. The highest BCUT2D eigenvalue weighted by atomic mass is 35.5. The van der Waals surface area contributed by atoms with Crippen LogP contribution in [0.3, 0.4) is 0 Å². The largest absolute Gasteiger partial charge is 0.322 e. The molecular weight excluding hydrogens is 620 g/mol. The first-order chi connectivity index (χ1) is 21.0. The van der Waals surface area contributed by atoms with E-state index >= 15 is 0 Å². The van der Waals surface area contributed by atoms with E-state index in [-0.39, 0.29) is 16.3 Å². The van der Waals surface area contributed by atoms with Gasteiger partial charge in [0.25, 0.3) is 26.0 Å². The molecule has 44 heavy (non-hydrogen) atoms. The topological polar surface area (TPSA) is 126 Å². The Hall–Kier alpha value is -4.71. The van der Waals surface area contributed by atoms with Gasteiger partial charge in [-0.05, 0) is 90.8 Å². The Morgan fingerprint density at radius 2 is 1.50 bits per heavy atom. The Bertz CT molecular complexity index is 1990. The van der Waals surface area contributed by atoms with Crippen molar-refractivity contribution < 1.29 is 21.6 Å². The molecule has 1 aromatic heterocycles. The normalized spacial score (nSPS) is 11.5. The average molecular weight is 647 g/mol. The van der Waals surface area contributed by atoms with Gasteiger partial charge in [0.2, 0.25) is 0 Å². The summed E-state index contributed by atoms with van der Waals surface area (Å²) in [6.07, 6.45) is 2.94. The average Bonchev–Trinajstić information content (AvgIpc) is 3.02. The summed E-state index contributed by atoms with van der Waals surface area (Å²) in [6.45, 7) is 1.81. The van der Waals surface area contributed by atoms with E-state index in [2.05, 4.69) is 15.0 Å². The van der Waals surface area contributed by atoms with Gasteiger partial charge in [0.15, 0.2) is 0 Å². The molecule has 2 N–H and O–H groups in total. The fraction of sp³-hybridized carbons (Fsp3) is 0.0625. The van der Waals surface area contributed by atoms with Gasteiger partial charge in [0.05, 0.1) is 33.9 Å². The van der Waals surface area contributed by atoms with E-state index in [1.807, 2.05) is 6.92 Å². The van der Waals surface area contributed by atoms with Crippen molar-refractivity contribution >= 4 is 54.6 Å². The molecular formula is C32H27ClN4O5S2. The molecule has 224 valence electrons. The van der Waals surface area contributed by atoms with Gasteiger partial charge in [0.1, 0.15) is 0 Å². The van der Waals surface area contributed by atoms with E-state index in [0.29, 0.717) is 33.2 Å². The lowest BCUT2D eigenvalue weighted by Gasteiger charge is -2.26. The molecule has 12 heteroatoms. The van der Waals surface area contributed by atoms with Gasteiger partial charge in [-0.2, -0.15) is 0 Å².